The number of benzene rings is 2. The van der Waals surface area contributed by atoms with Crippen LogP contribution in [0.5, 0.6) is 5.75 Å². The van der Waals surface area contributed by atoms with Gasteiger partial charge in [-0.2, -0.15) is 0 Å². The average molecular weight is 339 g/mol. The van der Waals surface area contributed by atoms with Crippen LogP contribution in [-0.2, 0) is 4.79 Å². The summed E-state index contributed by atoms with van der Waals surface area (Å²) in [5.74, 6) is 0.906. The fourth-order valence-electron chi connectivity index (χ4n) is 1.86. The van der Waals surface area contributed by atoms with Crippen molar-refractivity contribution in [3.05, 3.63) is 47.5 Å². The van der Waals surface area contributed by atoms with Gasteiger partial charge in [0.05, 0.1) is 18.5 Å². The lowest BCUT2D eigenvalue weighted by atomic mass is 10.2. The van der Waals surface area contributed by atoms with E-state index in [1.54, 1.807) is 25.3 Å². The number of anilines is 3. The molecule has 0 saturated heterocycles. The lowest BCUT2D eigenvalue weighted by Crippen LogP contribution is -2.12. The van der Waals surface area contributed by atoms with Crippen LogP contribution < -0.4 is 15.4 Å². The minimum atomic E-state index is -0.143. The molecule has 4 nitrogen and oxygen atoms in total. The van der Waals surface area contributed by atoms with Crippen LogP contribution in [0.4, 0.5) is 17.1 Å². The summed E-state index contributed by atoms with van der Waals surface area (Å²) in [6, 6.07) is 12.7. The highest BCUT2D eigenvalue weighted by Gasteiger charge is 2.08. The van der Waals surface area contributed by atoms with Gasteiger partial charge in [0.1, 0.15) is 5.75 Å². The molecular weight excluding hydrogens is 323 g/mol. The molecule has 1 amide bonds. The first-order chi connectivity index (χ1) is 10.6. The van der Waals surface area contributed by atoms with Crippen molar-refractivity contribution in [3.8, 4) is 5.75 Å². The van der Waals surface area contributed by atoms with Gasteiger partial charge in [-0.05, 0) is 42.5 Å². The van der Waals surface area contributed by atoms with Crippen LogP contribution in [0.25, 0.3) is 0 Å². The number of methoxy groups -OCH3 is 1. The van der Waals surface area contributed by atoms with Crippen molar-refractivity contribution in [2.24, 2.45) is 0 Å². The van der Waals surface area contributed by atoms with Crippen LogP contribution in [0.1, 0.15) is 6.42 Å². The van der Waals surface area contributed by atoms with Gasteiger partial charge in [0.2, 0.25) is 5.91 Å². The Morgan fingerprint density at radius 2 is 1.86 bits per heavy atom. The third-order valence-electron chi connectivity index (χ3n) is 2.95. The SMILES string of the molecule is COc1ccc(Nc2cc(Cl)ccc2NC(=O)CCCl)cc1. The Labute approximate surface area is 139 Å². The van der Waals surface area contributed by atoms with Crippen LogP contribution in [-0.4, -0.2) is 18.9 Å². The quantitative estimate of drug-likeness (QED) is 0.753. The summed E-state index contributed by atoms with van der Waals surface area (Å²) in [7, 11) is 1.61. The Morgan fingerprint density at radius 3 is 2.50 bits per heavy atom. The molecule has 0 heterocycles. The van der Waals surface area contributed by atoms with E-state index in [2.05, 4.69) is 10.6 Å². The molecule has 116 valence electrons. The second kappa shape index (κ2) is 7.92. The third kappa shape index (κ3) is 4.55. The predicted octanol–water partition coefficient (Wildman–Crippen LogP) is 4.66. The van der Waals surface area contributed by atoms with Crippen molar-refractivity contribution < 1.29 is 9.53 Å². The maximum Gasteiger partial charge on any atom is 0.225 e. The number of carbonyl (C=O) groups excluding carboxylic acids is 1. The summed E-state index contributed by atoms with van der Waals surface area (Å²) in [6.07, 6.45) is 0.256. The monoisotopic (exact) mass is 338 g/mol. The van der Waals surface area contributed by atoms with Gasteiger partial charge in [-0.25, -0.2) is 0 Å². The highest BCUT2D eigenvalue weighted by Crippen LogP contribution is 2.29. The second-order valence-corrected chi connectivity index (χ2v) is 5.34. The van der Waals surface area contributed by atoms with Crippen molar-refractivity contribution in [3.63, 3.8) is 0 Å². The van der Waals surface area contributed by atoms with Crippen LogP contribution in [0.15, 0.2) is 42.5 Å². The molecule has 0 radical (unpaired) electrons. The maximum absolute atomic E-state index is 11.7. The topological polar surface area (TPSA) is 50.4 Å². The molecule has 2 rings (SSSR count). The molecule has 0 aromatic heterocycles. The molecule has 6 heteroatoms. The molecule has 0 aliphatic rings. The van der Waals surface area contributed by atoms with Gasteiger partial charge in [-0.3, -0.25) is 4.79 Å². The second-order valence-electron chi connectivity index (χ2n) is 4.53. The lowest BCUT2D eigenvalue weighted by Gasteiger charge is -2.14. The molecule has 22 heavy (non-hydrogen) atoms. The van der Waals surface area contributed by atoms with E-state index in [0.29, 0.717) is 16.4 Å². The smallest absolute Gasteiger partial charge is 0.225 e. The summed E-state index contributed by atoms with van der Waals surface area (Å²) in [4.78, 5) is 11.7. The number of alkyl halides is 1. The fraction of sp³-hybridized carbons (Fsp3) is 0.188. The van der Waals surface area contributed by atoms with E-state index in [9.17, 15) is 4.79 Å². The van der Waals surface area contributed by atoms with Crippen LogP contribution >= 0.6 is 23.2 Å². The van der Waals surface area contributed by atoms with E-state index in [-0.39, 0.29) is 18.2 Å². The predicted molar refractivity (Wildman–Crippen MR) is 91.7 cm³/mol. The van der Waals surface area contributed by atoms with Gasteiger partial charge < -0.3 is 15.4 Å². The van der Waals surface area contributed by atoms with E-state index in [1.165, 1.54) is 0 Å². The Hall–Kier alpha value is -1.91. The molecule has 0 bridgehead atoms. The standard InChI is InChI=1S/C16H16Cl2N2O2/c1-22-13-5-3-12(4-6-13)19-15-10-11(18)2-7-14(15)20-16(21)8-9-17/h2-7,10,19H,8-9H2,1H3,(H,20,21). The first-order valence-electron chi connectivity index (χ1n) is 6.69. The number of hydrogen-bond donors (Lipinski definition) is 2. The summed E-state index contributed by atoms with van der Waals surface area (Å²) in [5.41, 5.74) is 2.21. The average Bonchev–Trinajstić information content (AvgIpc) is 2.51. The van der Waals surface area contributed by atoms with Crippen LogP contribution in [0.2, 0.25) is 5.02 Å². The summed E-state index contributed by atoms with van der Waals surface area (Å²) >= 11 is 11.6. The molecule has 0 unspecified atom stereocenters. The zero-order valence-corrected chi connectivity index (χ0v) is 13.5. The Bertz CT molecular complexity index is 645. The number of amides is 1. The molecule has 0 aliphatic carbocycles. The minimum absolute atomic E-state index is 0.143. The zero-order chi connectivity index (χ0) is 15.9. The van der Waals surface area contributed by atoms with Crippen LogP contribution in [0, 0.1) is 0 Å². The molecule has 0 fully saturated rings. The van der Waals surface area contributed by atoms with Crippen molar-refractivity contribution >= 4 is 46.2 Å². The number of rotatable bonds is 6. The van der Waals surface area contributed by atoms with Gasteiger partial charge in [0, 0.05) is 23.0 Å². The zero-order valence-electron chi connectivity index (χ0n) is 12.0. The molecule has 0 spiro atoms. The van der Waals surface area contributed by atoms with E-state index in [0.717, 1.165) is 11.4 Å². The number of halogens is 2. The number of ether oxygens (including phenoxy) is 1. The maximum atomic E-state index is 11.7. The van der Waals surface area contributed by atoms with E-state index in [4.69, 9.17) is 27.9 Å². The van der Waals surface area contributed by atoms with Gasteiger partial charge in [-0.15, -0.1) is 11.6 Å². The lowest BCUT2D eigenvalue weighted by molar-refractivity contribution is -0.115. The van der Waals surface area contributed by atoms with Gasteiger partial charge in [-0.1, -0.05) is 11.6 Å². The fourth-order valence-corrected chi connectivity index (χ4v) is 2.20. The van der Waals surface area contributed by atoms with Gasteiger partial charge in [0.15, 0.2) is 0 Å². The molecule has 2 N–H and O–H groups in total. The van der Waals surface area contributed by atoms with Crippen molar-refractivity contribution in [1.82, 2.24) is 0 Å². The van der Waals surface area contributed by atoms with E-state index < -0.39 is 0 Å². The molecule has 0 saturated carbocycles. The first-order valence-corrected chi connectivity index (χ1v) is 7.60. The third-order valence-corrected chi connectivity index (χ3v) is 3.37. The van der Waals surface area contributed by atoms with Crippen LogP contribution in [0.3, 0.4) is 0 Å². The largest absolute Gasteiger partial charge is 0.497 e. The number of carbonyl (C=O) groups is 1. The molecule has 0 aliphatic heterocycles. The molecule has 2 aromatic carbocycles. The molecule has 0 atom stereocenters. The van der Waals surface area contributed by atoms with Crippen molar-refractivity contribution in [1.29, 1.82) is 0 Å². The molecule has 2 aromatic rings. The number of nitrogens with one attached hydrogen (secondary N) is 2. The highest BCUT2D eigenvalue weighted by atomic mass is 35.5. The summed E-state index contributed by atoms with van der Waals surface area (Å²) in [6.45, 7) is 0. The van der Waals surface area contributed by atoms with E-state index in [1.807, 2.05) is 24.3 Å². The minimum Gasteiger partial charge on any atom is -0.497 e. The van der Waals surface area contributed by atoms with Crippen molar-refractivity contribution in [2.45, 2.75) is 6.42 Å². The summed E-state index contributed by atoms with van der Waals surface area (Å²) in [5, 5.41) is 6.61. The molecular formula is C16H16Cl2N2O2. The normalized spacial score (nSPS) is 10.1. The Balaban J connectivity index is 2.20. The van der Waals surface area contributed by atoms with E-state index >= 15 is 0 Å². The Kier molecular flexibility index (Phi) is 5.92. The highest BCUT2D eigenvalue weighted by molar-refractivity contribution is 6.31. The van der Waals surface area contributed by atoms with Gasteiger partial charge in [0.25, 0.3) is 0 Å². The van der Waals surface area contributed by atoms with Gasteiger partial charge >= 0.3 is 0 Å². The first kappa shape index (κ1) is 16.5. The summed E-state index contributed by atoms with van der Waals surface area (Å²) < 4.78 is 5.12. The number of hydrogen-bond acceptors (Lipinski definition) is 3. The van der Waals surface area contributed by atoms with Crippen molar-refractivity contribution in [2.75, 3.05) is 23.6 Å². The Morgan fingerprint density at radius 1 is 1.14 bits per heavy atom.